The van der Waals surface area contributed by atoms with Crippen LogP contribution in [0.2, 0.25) is 0 Å². The fourth-order valence-electron chi connectivity index (χ4n) is 2.79. The zero-order chi connectivity index (χ0) is 15.6. The van der Waals surface area contributed by atoms with Crippen LogP contribution in [0.1, 0.15) is 18.1 Å². The topological polar surface area (TPSA) is 38.7 Å². The maximum Gasteiger partial charge on any atom is 0.213 e. The van der Waals surface area contributed by atoms with Crippen molar-refractivity contribution in [3.05, 3.63) is 83.9 Å². The average molecular weight is 291 g/mol. The maximum absolute atomic E-state index is 11.7. The Kier molecular flexibility index (Phi) is 3.63. The molecule has 110 valence electrons. The zero-order valence-corrected chi connectivity index (χ0v) is 12.4. The van der Waals surface area contributed by atoms with Gasteiger partial charge in [-0.1, -0.05) is 67.2 Å². The number of ether oxygens (including phenoxy) is 1. The largest absolute Gasteiger partial charge is 0.463 e. The average Bonchev–Trinajstić information content (AvgIpc) is 2.97. The third kappa shape index (κ3) is 2.15. The monoisotopic (exact) mass is 291 g/mol. The third-order valence-electron chi connectivity index (χ3n) is 3.84. The molecule has 1 aliphatic rings. The quantitative estimate of drug-likeness (QED) is 0.809. The number of hydrogen-bond acceptors (Lipinski definition) is 3. The lowest BCUT2D eigenvalue weighted by Crippen LogP contribution is -2.37. The molecule has 3 nitrogen and oxygen atoms in total. The number of carbonyl (C=O) groups excluding carboxylic acids is 1. The van der Waals surface area contributed by atoms with E-state index in [0.29, 0.717) is 11.5 Å². The molecule has 1 heterocycles. The molecule has 3 rings (SSSR count). The molecule has 1 atom stereocenters. The van der Waals surface area contributed by atoms with Crippen LogP contribution in [0.5, 0.6) is 0 Å². The number of aliphatic imine (C=N–C) groups is 1. The van der Waals surface area contributed by atoms with E-state index in [1.54, 1.807) is 0 Å². The molecule has 0 radical (unpaired) electrons. The first-order valence-corrected chi connectivity index (χ1v) is 7.17. The lowest BCUT2D eigenvalue weighted by Gasteiger charge is -2.29. The van der Waals surface area contributed by atoms with Crippen LogP contribution in [0.15, 0.2) is 77.8 Å². The van der Waals surface area contributed by atoms with Gasteiger partial charge in [-0.15, -0.1) is 0 Å². The van der Waals surface area contributed by atoms with E-state index in [1.807, 2.05) is 67.6 Å². The minimum absolute atomic E-state index is 0.435. The van der Waals surface area contributed by atoms with Crippen molar-refractivity contribution in [2.45, 2.75) is 18.6 Å². The van der Waals surface area contributed by atoms with Crippen molar-refractivity contribution in [2.24, 2.45) is 4.99 Å². The summed E-state index contributed by atoms with van der Waals surface area (Å²) in [6, 6.07) is 19.5. The summed E-state index contributed by atoms with van der Waals surface area (Å²) in [6.45, 7) is 5.71. The fraction of sp³-hybridized carbons (Fsp3) is 0.158. The van der Waals surface area contributed by atoms with Gasteiger partial charge in [-0.3, -0.25) is 4.79 Å². The number of benzene rings is 2. The molecule has 0 aliphatic carbocycles. The van der Waals surface area contributed by atoms with Gasteiger partial charge in [0.1, 0.15) is 0 Å². The van der Waals surface area contributed by atoms with Crippen molar-refractivity contribution in [3.8, 4) is 0 Å². The molecule has 0 N–H and O–H groups in total. The standard InChI is InChI=1S/C19H17NO2/c1-14(2)18-20-19(17(13-21)22-18,15-9-5-3-6-10-15)16-11-7-4-8-12-16/h3-13,17H,1H2,2H3. The van der Waals surface area contributed by atoms with Crippen molar-refractivity contribution in [1.29, 1.82) is 0 Å². The molecule has 2 aromatic carbocycles. The van der Waals surface area contributed by atoms with Gasteiger partial charge in [0.2, 0.25) is 5.90 Å². The van der Waals surface area contributed by atoms with Crippen molar-refractivity contribution in [2.75, 3.05) is 0 Å². The SMILES string of the molecule is C=C(C)C1=NC(c2ccccc2)(c2ccccc2)C(C=O)O1. The van der Waals surface area contributed by atoms with Crippen molar-refractivity contribution >= 4 is 12.2 Å². The second-order valence-electron chi connectivity index (χ2n) is 5.37. The van der Waals surface area contributed by atoms with Crippen LogP contribution in [0.4, 0.5) is 0 Å². The number of carbonyl (C=O) groups is 1. The normalized spacial score (nSPS) is 19.1. The highest BCUT2D eigenvalue weighted by molar-refractivity contribution is 5.96. The second kappa shape index (κ2) is 5.60. The lowest BCUT2D eigenvalue weighted by molar-refractivity contribution is -0.115. The number of nitrogens with zero attached hydrogens (tertiary/aromatic N) is 1. The molecule has 3 heteroatoms. The van der Waals surface area contributed by atoms with E-state index in [9.17, 15) is 4.79 Å². The summed E-state index contributed by atoms with van der Waals surface area (Å²) in [4.78, 5) is 16.5. The van der Waals surface area contributed by atoms with Gasteiger partial charge >= 0.3 is 0 Å². The summed E-state index contributed by atoms with van der Waals surface area (Å²) in [5.41, 5.74) is 1.70. The van der Waals surface area contributed by atoms with Crippen LogP contribution < -0.4 is 0 Å². The number of hydrogen-bond donors (Lipinski definition) is 0. The van der Waals surface area contributed by atoms with Crippen molar-refractivity contribution in [1.82, 2.24) is 0 Å². The molecule has 0 aromatic heterocycles. The van der Waals surface area contributed by atoms with Crippen LogP contribution in [-0.2, 0) is 15.1 Å². The molecule has 1 unspecified atom stereocenters. The van der Waals surface area contributed by atoms with E-state index in [2.05, 4.69) is 6.58 Å². The second-order valence-corrected chi connectivity index (χ2v) is 5.37. The first-order valence-electron chi connectivity index (χ1n) is 7.17. The Morgan fingerprint density at radius 1 is 1.09 bits per heavy atom. The highest BCUT2D eigenvalue weighted by Gasteiger charge is 2.49. The van der Waals surface area contributed by atoms with Gasteiger partial charge in [0.25, 0.3) is 0 Å². The summed E-state index contributed by atoms with van der Waals surface area (Å²) in [5.74, 6) is 0.435. The minimum atomic E-state index is -0.863. The predicted octanol–water partition coefficient (Wildman–Crippen LogP) is 3.50. The van der Waals surface area contributed by atoms with Crippen LogP contribution in [-0.4, -0.2) is 18.3 Å². The Morgan fingerprint density at radius 2 is 1.59 bits per heavy atom. The van der Waals surface area contributed by atoms with E-state index in [-0.39, 0.29) is 0 Å². The Bertz CT molecular complexity index is 680. The van der Waals surface area contributed by atoms with Gasteiger partial charge in [-0.05, 0) is 18.1 Å². The van der Waals surface area contributed by atoms with Crippen LogP contribution in [0, 0.1) is 0 Å². The maximum atomic E-state index is 11.7. The Balaban J connectivity index is 2.28. The van der Waals surface area contributed by atoms with Gasteiger partial charge in [0.05, 0.1) is 0 Å². The van der Waals surface area contributed by atoms with E-state index < -0.39 is 11.6 Å². The Labute approximate surface area is 130 Å². The Hall–Kier alpha value is -2.68. The molecule has 0 saturated heterocycles. The highest BCUT2D eigenvalue weighted by atomic mass is 16.5. The molecular formula is C19H17NO2. The molecule has 22 heavy (non-hydrogen) atoms. The summed E-state index contributed by atoms with van der Waals surface area (Å²) >= 11 is 0. The molecular weight excluding hydrogens is 274 g/mol. The number of rotatable bonds is 4. The van der Waals surface area contributed by atoms with Gasteiger partial charge in [0.15, 0.2) is 17.9 Å². The lowest BCUT2D eigenvalue weighted by atomic mass is 9.79. The third-order valence-corrected chi connectivity index (χ3v) is 3.84. The van der Waals surface area contributed by atoms with Crippen molar-refractivity contribution < 1.29 is 9.53 Å². The van der Waals surface area contributed by atoms with Gasteiger partial charge < -0.3 is 4.74 Å². The number of aldehydes is 1. The molecule has 2 aromatic rings. The van der Waals surface area contributed by atoms with Crippen molar-refractivity contribution in [3.63, 3.8) is 0 Å². The Morgan fingerprint density at radius 3 is 2.00 bits per heavy atom. The highest BCUT2D eigenvalue weighted by Crippen LogP contribution is 2.42. The smallest absolute Gasteiger partial charge is 0.213 e. The summed E-state index contributed by atoms with van der Waals surface area (Å²) < 4.78 is 5.78. The molecule has 0 fully saturated rings. The van der Waals surface area contributed by atoms with Crippen LogP contribution >= 0.6 is 0 Å². The molecule has 0 spiro atoms. The van der Waals surface area contributed by atoms with Crippen LogP contribution in [0.25, 0.3) is 0 Å². The first kappa shape index (κ1) is 14.3. The predicted molar refractivity (Wildman–Crippen MR) is 86.9 cm³/mol. The van der Waals surface area contributed by atoms with E-state index in [4.69, 9.17) is 9.73 Å². The minimum Gasteiger partial charge on any atom is -0.463 e. The molecule has 0 saturated carbocycles. The van der Waals surface area contributed by atoms with Gasteiger partial charge in [-0.2, -0.15) is 0 Å². The molecule has 0 amide bonds. The van der Waals surface area contributed by atoms with E-state index in [1.165, 1.54) is 0 Å². The summed E-state index contributed by atoms with van der Waals surface area (Å²) in [5, 5.41) is 0. The zero-order valence-electron chi connectivity index (χ0n) is 12.4. The van der Waals surface area contributed by atoms with Gasteiger partial charge in [-0.25, -0.2) is 4.99 Å². The summed E-state index contributed by atoms with van der Waals surface area (Å²) in [7, 11) is 0. The first-order chi connectivity index (χ1) is 10.7. The fourth-order valence-corrected chi connectivity index (χ4v) is 2.79. The molecule has 0 bridgehead atoms. The van der Waals surface area contributed by atoms with E-state index in [0.717, 1.165) is 17.4 Å². The van der Waals surface area contributed by atoms with Crippen LogP contribution in [0.3, 0.4) is 0 Å². The van der Waals surface area contributed by atoms with Gasteiger partial charge in [0, 0.05) is 5.57 Å². The summed E-state index contributed by atoms with van der Waals surface area (Å²) in [6.07, 6.45) is 0.114. The van der Waals surface area contributed by atoms with E-state index >= 15 is 0 Å². The molecule has 1 aliphatic heterocycles.